The molecule has 0 unspecified atom stereocenters. The molecule has 11 heteroatoms. The minimum atomic E-state index is -0.942. The van der Waals surface area contributed by atoms with Crippen molar-refractivity contribution in [2.45, 2.75) is 76.6 Å². The van der Waals surface area contributed by atoms with E-state index < -0.39 is 18.0 Å². The van der Waals surface area contributed by atoms with Gasteiger partial charge >= 0.3 is 0 Å². The molecule has 4 aliphatic heterocycles. The summed E-state index contributed by atoms with van der Waals surface area (Å²) in [6.07, 6.45) is 4.05. The topological polar surface area (TPSA) is 135 Å². The van der Waals surface area contributed by atoms with Crippen LogP contribution in [0.3, 0.4) is 0 Å². The van der Waals surface area contributed by atoms with E-state index in [4.69, 9.17) is 14.2 Å². The summed E-state index contributed by atoms with van der Waals surface area (Å²) in [4.78, 5) is 56.5. The predicted octanol–water partition coefficient (Wildman–Crippen LogP) is 5.71. The first-order valence-corrected chi connectivity index (χ1v) is 19.6. The van der Waals surface area contributed by atoms with Crippen molar-refractivity contribution < 1.29 is 33.4 Å². The van der Waals surface area contributed by atoms with Crippen LogP contribution >= 0.6 is 0 Å². The number of amides is 4. The number of hydrogen-bond acceptors (Lipinski definition) is 7. The largest absolute Gasteiger partial charge is 0.490 e. The lowest BCUT2D eigenvalue weighted by atomic mass is 9.83. The van der Waals surface area contributed by atoms with Crippen molar-refractivity contribution in [1.82, 2.24) is 20.9 Å². The number of hydrogen-bond donors (Lipinski definition) is 3. The summed E-state index contributed by atoms with van der Waals surface area (Å²) in [5, 5.41) is 9.15. The molecule has 0 radical (unpaired) electrons. The molecule has 4 aromatic carbocycles. The molecular formula is C45H52N4O7. The van der Waals surface area contributed by atoms with E-state index >= 15 is 0 Å². The van der Waals surface area contributed by atoms with Crippen LogP contribution in [-0.4, -0.2) is 67.4 Å². The number of carbonyl (C=O) groups is 4. The van der Waals surface area contributed by atoms with Gasteiger partial charge in [0.25, 0.3) is 5.91 Å². The molecular weight excluding hydrogens is 709 g/mol. The molecule has 294 valence electrons. The standard InChI is InChI=1S/C45H52N4O7/c1-3-54-39-16-10-15-35-29-55-37-23-19-31(20-24-37)25-26-46-44(52)38(27-32-11-6-4-7-12-32)48-45(53)42(34-13-8-5-9-14-34)49(2)41(51)28-33-17-21-36(22-18-33)47-40(50)30-56-43(35)39/h4-16,19-20,23-24,33,36,38,42H,3,17-18,21-22,25-30H2,1-2H3,(H,46,52)(H,47,50)(H,48,53)/t33?,36?,38-,42+/m1/s1. The second-order valence-electron chi connectivity index (χ2n) is 14.5. The van der Waals surface area contributed by atoms with E-state index in [2.05, 4.69) is 16.0 Å². The zero-order chi connectivity index (χ0) is 39.3. The van der Waals surface area contributed by atoms with Gasteiger partial charge in [0.15, 0.2) is 18.1 Å². The van der Waals surface area contributed by atoms with Gasteiger partial charge in [-0.25, -0.2) is 0 Å². The van der Waals surface area contributed by atoms with E-state index in [1.807, 2.05) is 110 Å². The van der Waals surface area contributed by atoms with Crippen LogP contribution in [-0.2, 0) is 38.6 Å². The van der Waals surface area contributed by atoms with Gasteiger partial charge in [-0.3, -0.25) is 19.2 Å². The summed E-state index contributed by atoms with van der Waals surface area (Å²) in [7, 11) is 1.65. The summed E-state index contributed by atoms with van der Waals surface area (Å²) in [6.45, 7) is 2.69. The number of benzene rings is 4. The van der Waals surface area contributed by atoms with E-state index in [0.717, 1.165) is 42.4 Å². The van der Waals surface area contributed by atoms with Crippen LogP contribution in [0.2, 0.25) is 0 Å². The molecule has 1 aliphatic carbocycles. The highest BCUT2D eigenvalue weighted by Gasteiger charge is 2.33. The number of carbonyl (C=O) groups excluding carboxylic acids is 4. The third-order valence-electron chi connectivity index (χ3n) is 10.5. The molecule has 1 fully saturated rings. The van der Waals surface area contributed by atoms with Crippen molar-refractivity contribution in [2.24, 2.45) is 5.92 Å². The molecule has 0 saturated heterocycles. The van der Waals surface area contributed by atoms with Gasteiger partial charge in [0.1, 0.15) is 24.4 Å². The molecule has 2 atom stereocenters. The number of rotatable bonds is 5. The Morgan fingerprint density at radius 3 is 2.18 bits per heavy atom. The van der Waals surface area contributed by atoms with Crippen LogP contribution in [0.15, 0.2) is 103 Å². The molecule has 5 aliphatic rings. The molecule has 4 heterocycles. The van der Waals surface area contributed by atoms with Gasteiger partial charge in [0.2, 0.25) is 17.7 Å². The van der Waals surface area contributed by atoms with E-state index in [1.165, 1.54) is 4.90 Å². The zero-order valence-corrected chi connectivity index (χ0v) is 32.2. The lowest BCUT2D eigenvalue weighted by Crippen LogP contribution is -2.52. The first-order valence-electron chi connectivity index (χ1n) is 19.6. The molecule has 4 aromatic rings. The monoisotopic (exact) mass is 760 g/mol. The van der Waals surface area contributed by atoms with E-state index in [0.29, 0.717) is 42.4 Å². The van der Waals surface area contributed by atoms with Crippen molar-refractivity contribution >= 4 is 23.6 Å². The third kappa shape index (κ3) is 10.9. The minimum absolute atomic E-state index is 0.0405. The van der Waals surface area contributed by atoms with Crippen molar-refractivity contribution in [1.29, 1.82) is 0 Å². The Bertz CT molecular complexity index is 1910. The van der Waals surface area contributed by atoms with Crippen LogP contribution < -0.4 is 30.2 Å². The van der Waals surface area contributed by atoms with Crippen molar-refractivity contribution in [3.05, 3.63) is 125 Å². The van der Waals surface area contributed by atoms with Gasteiger partial charge in [-0.1, -0.05) is 84.9 Å². The average Bonchev–Trinajstić information content (AvgIpc) is 3.21. The molecule has 3 N–H and O–H groups in total. The van der Waals surface area contributed by atoms with E-state index in [1.54, 1.807) is 7.05 Å². The van der Waals surface area contributed by atoms with E-state index in [9.17, 15) is 19.2 Å². The maximum absolute atomic E-state index is 14.2. The number of likely N-dealkylation sites (N-methyl/N-ethyl adjacent to an activating group) is 1. The molecule has 11 nitrogen and oxygen atoms in total. The van der Waals surface area contributed by atoms with E-state index in [-0.39, 0.29) is 55.7 Å². The highest BCUT2D eigenvalue weighted by molar-refractivity contribution is 5.93. The Balaban J connectivity index is 1.24. The van der Waals surface area contributed by atoms with Crippen LogP contribution in [0.25, 0.3) is 0 Å². The quantitative estimate of drug-likeness (QED) is 0.237. The van der Waals surface area contributed by atoms with Crippen LogP contribution in [0.4, 0.5) is 0 Å². The summed E-state index contributed by atoms with van der Waals surface area (Å²) in [5.41, 5.74) is 3.29. The first kappa shape index (κ1) is 39.8. The Kier molecular flexibility index (Phi) is 14.0. The molecule has 56 heavy (non-hydrogen) atoms. The van der Waals surface area contributed by atoms with Crippen molar-refractivity contribution in [3.8, 4) is 17.2 Å². The van der Waals surface area contributed by atoms with Gasteiger partial charge in [-0.15, -0.1) is 0 Å². The lowest BCUT2D eigenvalue weighted by Gasteiger charge is -2.33. The second-order valence-corrected chi connectivity index (χ2v) is 14.5. The fraction of sp³-hybridized carbons (Fsp3) is 0.378. The van der Waals surface area contributed by atoms with Crippen LogP contribution in [0.5, 0.6) is 17.2 Å². The minimum Gasteiger partial charge on any atom is -0.490 e. The normalized spacial score (nSPS) is 21.7. The number of ether oxygens (including phenoxy) is 3. The highest BCUT2D eigenvalue weighted by Crippen LogP contribution is 2.33. The Hall–Kier alpha value is -5.84. The molecule has 1 saturated carbocycles. The Morgan fingerprint density at radius 1 is 0.750 bits per heavy atom. The number of para-hydroxylation sites is 1. The van der Waals surface area contributed by atoms with Gasteiger partial charge in [0.05, 0.1) is 6.61 Å². The van der Waals surface area contributed by atoms with Gasteiger partial charge in [-0.05, 0) is 79.8 Å². The smallest absolute Gasteiger partial charge is 0.258 e. The SMILES string of the molecule is CCOc1cccc2c1OCC(=O)NC1CCC(CC1)CC(=O)N(C)[C@@H](c1ccccc1)C(=O)N[C@H](Cc1ccccc1)C(=O)NCCc1ccc(cc1)OC2. The molecule has 0 spiro atoms. The van der Waals surface area contributed by atoms with Gasteiger partial charge in [-0.2, -0.15) is 0 Å². The number of nitrogens with zero attached hydrogens (tertiary/aromatic N) is 1. The third-order valence-corrected chi connectivity index (χ3v) is 10.5. The molecule has 9 rings (SSSR count). The zero-order valence-electron chi connectivity index (χ0n) is 32.2. The number of nitrogens with one attached hydrogen (secondary N) is 3. The Labute approximate surface area is 329 Å². The molecule has 0 aromatic heterocycles. The molecule has 4 amide bonds. The van der Waals surface area contributed by atoms with Crippen molar-refractivity contribution in [3.63, 3.8) is 0 Å². The highest BCUT2D eigenvalue weighted by atomic mass is 16.5. The van der Waals surface area contributed by atoms with Crippen molar-refractivity contribution in [2.75, 3.05) is 26.8 Å². The second kappa shape index (κ2) is 19.7. The summed E-state index contributed by atoms with van der Waals surface area (Å²) >= 11 is 0. The van der Waals surface area contributed by atoms with Crippen LogP contribution in [0, 0.1) is 5.92 Å². The fourth-order valence-corrected chi connectivity index (χ4v) is 7.42. The maximum Gasteiger partial charge on any atom is 0.258 e. The summed E-state index contributed by atoms with van der Waals surface area (Å²) in [6, 6.07) is 30.1. The first-order chi connectivity index (χ1) is 27.3. The lowest BCUT2D eigenvalue weighted by molar-refractivity contribution is -0.141. The maximum atomic E-state index is 14.2. The predicted molar refractivity (Wildman–Crippen MR) is 213 cm³/mol. The van der Waals surface area contributed by atoms with Gasteiger partial charge in [0, 0.05) is 38.0 Å². The average molecular weight is 761 g/mol. The Morgan fingerprint density at radius 2 is 1.46 bits per heavy atom. The summed E-state index contributed by atoms with van der Waals surface area (Å²) in [5.74, 6) is 0.627. The fourth-order valence-electron chi connectivity index (χ4n) is 7.42. The molecule has 4 bridgehead atoms. The van der Waals surface area contributed by atoms with Gasteiger partial charge < -0.3 is 35.1 Å². The summed E-state index contributed by atoms with van der Waals surface area (Å²) < 4.78 is 18.1. The van der Waals surface area contributed by atoms with Crippen LogP contribution in [0.1, 0.15) is 67.3 Å².